The van der Waals surface area contributed by atoms with E-state index in [0.717, 1.165) is 6.29 Å². The minimum atomic E-state index is -0.619. The van der Waals surface area contributed by atoms with Crippen LogP contribution in [0, 0.1) is 0 Å². The van der Waals surface area contributed by atoms with Crippen molar-refractivity contribution in [2.75, 3.05) is 7.11 Å². The van der Waals surface area contributed by atoms with Gasteiger partial charge in [0.15, 0.2) is 0 Å². The van der Waals surface area contributed by atoms with Crippen LogP contribution in [0.4, 0.5) is 0 Å². The third kappa shape index (κ3) is 2.46. The number of halogens is 1. The Morgan fingerprint density at radius 3 is 2.20 bits per heavy atom. The summed E-state index contributed by atoms with van der Waals surface area (Å²) in [6.07, 6.45) is 0.742. The van der Waals surface area contributed by atoms with E-state index in [0.29, 0.717) is 21.8 Å². The van der Waals surface area contributed by atoms with Gasteiger partial charge in [-0.05, 0) is 45.3 Å². The minimum absolute atomic E-state index is 0.384. The van der Waals surface area contributed by atoms with E-state index in [4.69, 9.17) is 25.6 Å². The van der Waals surface area contributed by atoms with E-state index >= 15 is 0 Å². The minimum Gasteiger partial charge on any atom is -0.495 e. The highest BCUT2D eigenvalue weighted by Gasteiger charge is 2.52. The molecule has 0 aliphatic carbocycles. The molecular formula is C14H18BClO4. The standard InChI is InChI=1S/C14H18BClO4/c1-13(2)14(3,4)20-15(19-13)10-7-12(18-5)11(16)6-9(10)8-17/h6-8H,1-5H3. The quantitative estimate of drug-likeness (QED) is 0.635. The molecular weight excluding hydrogens is 278 g/mol. The third-order valence-corrected chi connectivity index (χ3v) is 4.29. The number of rotatable bonds is 3. The Morgan fingerprint density at radius 2 is 1.75 bits per heavy atom. The molecule has 0 N–H and O–H groups in total. The van der Waals surface area contributed by atoms with Gasteiger partial charge in [-0.2, -0.15) is 0 Å². The Morgan fingerprint density at radius 1 is 1.20 bits per heavy atom. The van der Waals surface area contributed by atoms with E-state index in [1.165, 1.54) is 7.11 Å². The molecule has 0 atom stereocenters. The van der Waals surface area contributed by atoms with Crippen molar-refractivity contribution in [1.29, 1.82) is 0 Å². The van der Waals surface area contributed by atoms with Crippen molar-refractivity contribution in [2.24, 2.45) is 0 Å². The molecule has 1 aromatic rings. The first-order chi connectivity index (χ1) is 9.21. The smallest absolute Gasteiger partial charge is 0.495 e. The van der Waals surface area contributed by atoms with E-state index in [1.807, 2.05) is 27.7 Å². The SMILES string of the molecule is COc1cc(B2OC(C)(C)C(C)(C)O2)c(C=O)cc1Cl. The molecule has 108 valence electrons. The summed E-state index contributed by atoms with van der Waals surface area (Å²) < 4.78 is 17.1. The summed E-state index contributed by atoms with van der Waals surface area (Å²) >= 11 is 6.03. The fraction of sp³-hybridized carbons (Fsp3) is 0.500. The Balaban J connectivity index is 2.46. The van der Waals surface area contributed by atoms with Crippen LogP contribution in [0.15, 0.2) is 12.1 Å². The number of aldehydes is 1. The summed E-state index contributed by atoms with van der Waals surface area (Å²) in [5.74, 6) is 0.488. The van der Waals surface area contributed by atoms with Crippen LogP contribution in [-0.4, -0.2) is 31.7 Å². The van der Waals surface area contributed by atoms with Crippen LogP contribution in [0.25, 0.3) is 0 Å². The first-order valence-corrected chi connectivity index (χ1v) is 6.78. The van der Waals surface area contributed by atoms with Crippen molar-refractivity contribution in [2.45, 2.75) is 38.9 Å². The highest BCUT2D eigenvalue weighted by atomic mass is 35.5. The molecule has 1 fully saturated rings. The molecule has 1 heterocycles. The summed E-state index contributed by atoms with van der Waals surface area (Å²) in [6, 6.07) is 3.25. The van der Waals surface area contributed by atoms with Crippen LogP contribution in [-0.2, 0) is 9.31 Å². The van der Waals surface area contributed by atoms with Crippen molar-refractivity contribution < 1.29 is 18.8 Å². The van der Waals surface area contributed by atoms with Gasteiger partial charge in [0.05, 0.1) is 23.3 Å². The predicted molar refractivity (Wildman–Crippen MR) is 79.1 cm³/mol. The largest absolute Gasteiger partial charge is 0.495 e. The lowest BCUT2D eigenvalue weighted by molar-refractivity contribution is 0.00578. The van der Waals surface area contributed by atoms with Gasteiger partial charge in [0.2, 0.25) is 0 Å². The molecule has 0 amide bonds. The Kier molecular flexibility index (Phi) is 3.89. The number of benzene rings is 1. The molecule has 0 unspecified atom stereocenters. The average Bonchev–Trinajstić information content (AvgIpc) is 2.57. The Hall–Kier alpha value is -1.04. The number of carbonyl (C=O) groups excluding carboxylic acids is 1. The Labute approximate surface area is 124 Å². The maximum Gasteiger partial charge on any atom is 0.495 e. The second kappa shape index (κ2) is 5.06. The molecule has 20 heavy (non-hydrogen) atoms. The van der Waals surface area contributed by atoms with Crippen LogP contribution < -0.4 is 10.2 Å². The van der Waals surface area contributed by atoms with Crippen LogP contribution >= 0.6 is 11.6 Å². The van der Waals surface area contributed by atoms with E-state index in [2.05, 4.69) is 0 Å². The normalized spacial score (nSPS) is 20.0. The summed E-state index contributed by atoms with van der Waals surface area (Å²) in [6.45, 7) is 7.84. The van der Waals surface area contributed by atoms with Crippen LogP contribution in [0.1, 0.15) is 38.1 Å². The average molecular weight is 297 g/mol. The molecule has 1 aromatic carbocycles. The van der Waals surface area contributed by atoms with Crippen molar-refractivity contribution in [1.82, 2.24) is 0 Å². The van der Waals surface area contributed by atoms with Crippen molar-refractivity contribution in [3.63, 3.8) is 0 Å². The summed E-state index contributed by atoms with van der Waals surface area (Å²) in [7, 11) is 0.905. The van der Waals surface area contributed by atoms with E-state index in [-0.39, 0.29) is 0 Å². The maximum atomic E-state index is 11.2. The van der Waals surface area contributed by atoms with Crippen LogP contribution in [0.2, 0.25) is 5.02 Å². The molecule has 6 heteroatoms. The lowest BCUT2D eigenvalue weighted by atomic mass is 9.76. The zero-order valence-corrected chi connectivity index (χ0v) is 13.1. The van der Waals surface area contributed by atoms with Crippen LogP contribution in [0.3, 0.4) is 0 Å². The number of carbonyl (C=O) groups is 1. The highest BCUT2D eigenvalue weighted by Crippen LogP contribution is 2.37. The van der Waals surface area contributed by atoms with Gasteiger partial charge in [-0.25, -0.2) is 0 Å². The Bertz CT molecular complexity index is 526. The van der Waals surface area contributed by atoms with Gasteiger partial charge in [-0.3, -0.25) is 4.79 Å². The number of ether oxygens (including phenoxy) is 1. The van der Waals surface area contributed by atoms with Gasteiger partial charge in [0.1, 0.15) is 12.0 Å². The molecule has 0 saturated carbocycles. The lowest BCUT2D eigenvalue weighted by Gasteiger charge is -2.32. The number of methoxy groups -OCH3 is 1. The van der Waals surface area contributed by atoms with Crippen molar-refractivity contribution in [3.8, 4) is 5.75 Å². The molecule has 1 aliphatic heterocycles. The molecule has 0 aromatic heterocycles. The topological polar surface area (TPSA) is 44.8 Å². The second-order valence-electron chi connectivity index (χ2n) is 5.82. The molecule has 0 radical (unpaired) electrons. The lowest BCUT2D eigenvalue weighted by Crippen LogP contribution is -2.41. The predicted octanol–water partition coefficient (Wildman–Crippen LogP) is 2.46. The first-order valence-electron chi connectivity index (χ1n) is 6.40. The summed E-state index contributed by atoms with van der Waals surface area (Å²) in [4.78, 5) is 11.2. The molecule has 2 rings (SSSR count). The fourth-order valence-electron chi connectivity index (χ4n) is 2.02. The monoisotopic (exact) mass is 296 g/mol. The first kappa shape index (κ1) is 15.4. The highest BCUT2D eigenvalue weighted by molar-refractivity contribution is 6.63. The zero-order valence-electron chi connectivity index (χ0n) is 12.3. The number of hydrogen-bond acceptors (Lipinski definition) is 4. The zero-order chi connectivity index (χ0) is 15.1. The van der Waals surface area contributed by atoms with Crippen molar-refractivity contribution >= 4 is 30.5 Å². The molecule has 0 spiro atoms. The summed E-state index contributed by atoms with van der Waals surface area (Å²) in [5.41, 5.74) is 0.129. The van der Waals surface area contributed by atoms with Gasteiger partial charge in [0.25, 0.3) is 0 Å². The third-order valence-electron chi connectivity index (χ3n) is 3.99. The van der Waals surface area contributed by atoms with Gasteiger partial charge in [-0.15, -0.1) is 0 Å². The van der Waals surface area contributed by atoms with Crippen LogP contribution in [0.5, 0.6) is 5.75 Å². The van der Waals surface area contributed by atoms with Crippen molar-refractivity contribution in [3.05, 3.63) is 22.7 Å². The maximum absolute atomic E-state index is 11.2. The van der Waals surface area contributed by atoms with Gasteiger partial charge >= 0.3 is 7.12 Å². The van der Waals surface area contributed by atoms with Gasteiger partial charge in [-0.1, -0.05) is 11.6 Å². The second-order valence-corrected chi connectivity index (χ2v) is 6.23. The fourth-order valence-corrected chi connectivity index (χ4v) is 2.27. The van der Waals surface area contributed by atoms with Gasteiger partial charge < -0.3 is 14.0 Å². The van der Waals surface area contributed by atoms with E-state index < -0.39 is 18.3 Å². The van der Waals surface area contributed by atoms with E-state index in [9.17, 15) is 4.79 Å². The van der Waals surface area contributed by atoms with E-state index in [1.54, 1.807) is 12.1 Å². The molecule has 1 aliphatic rings. The molecule has 0 bridgehead atoms. The summed E-state index contributed by atoms with van der Waals surface area (Å²) in [5, 5.41) is 0.384. The molecule has 4 nitrogen and oxygen atoms in total. The van der Waals surface area contributed by atoms with Gasteiger partial charge in [0, 0.05) is 5.56 Å². The number of hydrogen-bond donors (Lipinski definition) is 0. The molecule has 1 saturated heterocycles.